The molecule has 0 radical (unpaired) electrons. The molecule has 0 atom stereocenters. The lowest BCUT2D eigenvalue weighted by atomic mass is 10.2. The molecule has 0 aliphatic carbocycles. The molecule has 0 aliphatic rings. The van der Waals surface area contributed by atoms with Crippen molar-refractivity contribution in [3.63, 3.8) is 0 Å². The first kappa shape index (κ1) is 17.1. The minimum atomic E-state index is -2.50. The summed E-state index contributed by atoms with van der Waals surface area (Å²) in [6.45, 7) is 2.13. The molecule has 102 valence electrons. The first-order valence-electron chi connectivity index (χ1n) is 5.95. The molecule has 0 aromatic rings. The van der Waals surface area contributed by atoms with E-state index in [2.05, 4.69) is 6.92 Å². The smallest absolute Gasteiger partial charge is 0.377 e. The van der Waals surface area contributed by atoms with Crippen LogP contribution in [0, 0.1) is 0 Å². The van der Waals surface area contributed by atoms with E-state index in [9.17, 15) is 4.79 Å². The molecule has 4 nitrogen and oxygen atoms in total. The zero-order valence-corrected chi connectivity index (χ0v) is 13.1. The van der Waals surface area contributed by atoms with Gasteiger partial charge < -0.3 is 13.3 Å². The SMILES string of the molecule is CCCCCC(=O)SCC[Si](OC)(OC)OC. The van der Waals surface area contributed by atoms with Crippen molar-refractivity contribution in [2.24, 2.45) is 0 Å². The van der Waals surface area contributed by atoms with Gasteiger partial charge in [-0.1, -0.05) is 31.5 Å². The highest BCUT2D eigenvalue weighted by Gasteiger charge is 2.37. The molecule has 0 aromatic heterocycles. The number of carbonyl (C=O) groups is 1. The van der Waals surface area contributed by atoms with Gasteiger partial charge in [0.05, 0.1) is 0 Å². The van der Waals surface area contributed by atoms with Gasteiger partial charge in [0.15, 0.2) is 5.12 Å². The van der Waals surface area contributed by atoms with Gasteiger partial charge in [-0.3, -0.25) is 4.79 Å². The Morgan fingerprint density at radius 2 is 1.71 bits per heavy atom. The van der Waals surface area contributed by atoms with Gasteiger partial charge in [0.2, 0.25) is 0 Å². The van der Waals surface area contributed by atoms with E-state index in [1.54, 1.807) is 21.3 Å². The van der Waals surface area contributed by atoms with Crippen LogP contribution in [0.15, 0.2) is 0 Å². The third kappa shape index (κ3) is 7.20. The highest BCUT2D eigenvalue weighted by molar-refractivity contribution is 8.13. The number of carbonyl (C=O) groups excluding carboxylic acids is 1. The van der Waals surface area contributed by atoms with Gasteiger partial charge in [0, 0.05) is 39.5 Å². The fraction of sp³-hybridized carbons (Fsp3) is 0.909. The standard InChI is InChI=1S/C11H24O4SSi/c1-5-6-7-8-11(12)16-9-10-17(13-2,14-3)15-4/h5-10H2,1-4H3. The van der Waals surface area contributed by atoms with Crippen molar-refractivity contribution < 1.29 is 18.1 Å². The van der Waals surface area contributed by atoms with Crippen molar-refractivity contribution in [1.82, 2.24) is 0 Å². The van der Waals surface area contributed by atoms with E-state index in [-0.39, 0.29) is 5.12 Å². The topological polar surface area (TPSA) is 44.8 Å². The van der Waals surface area contributed by atoms with Gasteiger partial charge >= 0.3 is 8.80 Å². The van der Waals surface area contributed by atoms with Gasteiger partial charge in [-0.2, -0.15) is 0 Å². The Morgan fingerprint density at radius 1 is 1.12 bits per heavy atom. The number of rotatable bonds is 10. The Balaban J connectivity index is 3.77. The fourth-order valence-electron chi connectivity index (χ4n) is 1.44. The van der Waals surface area contributed by atoms with Crippen molar-refractivity contribution in [3.05, 3.63) is 0 Å². The lowest BCUT2D eigenvalue weighted by Crippen LogP contribution is -2.43. The second-order valence-electron chi connectivity index (χ2n) is 3.72. The largest absolute Gasteiger partial charge is 0.500 e. The predicted molar refractivity (Wildman–Crippen MR) is 73.2 cm³/mol. The summed E-state index contributed by atoms with van der Waals surface area (Å²) in [5.41, 5.74) is 0. The third-order valence-electron chi connectivity index (χ3n) is 2.59. The minimum absolute atomic E-state index is 0.254. The van der Waals surface area contributed by atoms with Crippen LogP contribution in [-0.4, -0.2) is 41.0 Å². The van der Waals surface area contributed by atoms with Crippen LogP contribution >= 0.6 is 11.8 Å². The van der Waals surface area contributed by atoms with Gasteiger partial charge in [0.1, 0.15) is 0 Å². The second-order valence-corrected chi connectivity index (χ2v) is 7.97. The summed E-state index contributed by atoms with van der Waals surface area (Å²) in [7, 11) is 2.28. The summed E-state index contributed by atoms with van der Waals surface area (Å²) in [6, 6.07) is 0.667. The van der Waals surface area contributed by atoms with Crippen LogP contribution in [0.2, 0.25) is 6.04 Å². The quantitative estimate of drug-likeness (QED) is 0.455. The van der Waals surface area contributed by atoms with Crippen LogP contribution in [0.1, 0.15) is 32.6 Å². The van der Waals surface area contributed by atoms with E-state index in [4.69, 9.17) is 13.3 Å². The maximum Gasteiger partial charge on any atom is 0.500 e. The fourth-order valence-corrected chi connectivity index (χ4v) is 4.47. The van der Waals surface area contributed by atoms with Crippen LogP contribution < -0.4 is 0 Å². The van der Waals surface area contributed by atoms with Crippen molar-refractivity contribution in [2.45, 2.75) is 38.7 Å². The van der Waals surface area contributed by atoms with Gasteiger partial charge in [-0.25, -0.2) is 0 Å². The Kier molecular flexibility index (Phi) is 10.1. The predicted octanol–water partition coefficient (Wildman–Crippen LogP) is 2.70. The van der Waals surface area contributed by atoms with Crippen LogP contribution in [0.4, 0.5) is 0 Å². The zero-order chi connectivity index (χ0) is 13.1. The Hall–Kier alpha value is 0.117. The molecule has 0 aliphatic heterocycles. The first-order valence-corrected chi connectivity index (χ1v) is 8.87. The monoisotopic (exact) mass is 280 g/mol. The van der Waals surface area contributed by atoms with Gasteiger partial charge in [0.25, 0.3) is 0 Å². The summed E-state index contributed by atoms with van der Waals surface area (Å²) in [6.07, 6.45) is 3.92. The molecule has 0 N–H and O–H groups in total. The van der Waals surface area contributed by atoms with Gasteiger partial charge in [-0.05, 0) is 6.42 Å². The number of unbranched alkanes of at least 4 members (excludes halogenated alkanes) is 2. The minimum Gasteiger partial charge on any atom is -0.377 e. The number of hydrogen-bond donors (Lipinski definition) is 0. The molecule has 0 saturated heterocycles. The number of hydrogen-bond acceptors (Lipinski definition) is 5. The summed E-state index contributed by atoms with van der Waals surface area (Å²) in [5, 5.41) is 0.254. The lowest BCUT2D eigenvalue weighted by molar-refractivity contribution is -0.111. The highest BCUT2D eigenvalue weighted by atomic mass is 32.2. The normalized spacial score (nSPS) is 11.8. The van der Waals surface area contributed by atoms with E-state index >= 15 is 0 Å². The second kappa shape index (κ2) is 10.1. The van der Waals surface area contributed by atoms with E-state index in [1.165, 1.54) is 11.8 Å². The zero-order valence-electron chi connectivity index (χ0n) is 11.3. The maximum absolute atomic E-state index is 11.5. The molecule has 0 heterocycles. The number of thioether (sulfide) groups is 1. The molecular formula is C11H24O4SSi. The Morgan fingerprint density at radius 3 is 2.18 bits per heavy atom. The molecule has 0 rings (SSSR count). The van der Waals surface area contributed by atoms with E-state index in [1.807, 2.05) is 0 Å². The Bertz CT molecular complexity index is 201. The molecule has 0 unspecified atom stereocenters. The summed E-state index contributed by atoms with van der Waals surface area (Å²) in [5.74, 6) is 0.701. The van der Waals surface area contributed by atoms with Gasteiger partial charge in [-0.15, -0.1) is 0 Å². The van der Waals surface area contributed by atoms with Crippen molar-refractivity contribution in [1.29, 1.82) is 0 Å². The lowest BCUT2D eigenvalue weighted by Gasteiger charge is -2.23. The molecule has 0 aromatic carbocycles. The average Bonchev–Trinajstić information content (AvgIpc) is 2.36. The summed E-state index contributed by atoms with van der Waals surface area (Å²) >= 11 is 1.36. The van der Waals surface area contributed by atoms with Crippen LogP contribution in [0.3, 0.4) is 0 Å². The van der Waals surface area contributed by atoms with E-state index in [0.29, 0.717) is 18.2 Å². The van der Waals surface area contributed by atoms with Crippen LogP contribution in [-0.2, 0) is 18.1 Å². The molecule has 17 heavy (non-hydrogen) atoms. The molecule has 0 bridgehead atoms. The highest BCUT2D eigenvalue weighted by Crippen LogP contribution is 2.18. The van der Waals surface area contributed by atoms with Crippen LogP contribution in [0.25, 0.3) is 0 Å². The van der Waals surface area contributed by atoms with Crippen LogP contribution in [0.5, 0.6) is 0 Å². The first-order chi connectivity index (χ1) is 8.14. The molecule has 0 saturated carbocycles. The van der Waals surface area contributed by atoms with E-state index in [0.717, 1.165) is 19.3 Å². The van der Waals surface area contributed by atoms with Crippen molar-refractivity contribution >= 4 is 25.7 Å². The Labute approximate surface area is 110 Å². The molecule has 0 spiro atoms. The molecule has 6 heteroatoms. The van der Waals surface area contributed by atoms with E-state index < -0.39 is 8.80 Å². The molecule has 0 fully saturated rings. The average molecular weight is 280 g/mol. The summed E-state index contributed by atoms with van der Waals surface area (Å²) in [4.78, 5) is 11.5. The molecule has 0 amide bonds. The van der Waals surface area contributed by atoms with Crippen molar-refractivity contribution in [3.8, 4) is 0 Å². The maximum atomic E-state index is 11.5. The third-order valence-corrected chi connectivity index (χ3v) is 6.61. The molecular weight excluding hydrogens is 256 g/mol. The summed E-state index contributed by atoms with van der Waals surface area (Å²) < 4.78 is 15.9. The van der Waals surface area contributed by atoms with Crippen molar-refractivity contribution in [2.75, 3.05) is 27.1 Å².